The molecule has 4 rings (SSSR count). The maximum absolute atomic E-state index is 11.8. The van der Waals surface area contributed by atoms with E-state index in [9.17, 15) is 9.59 Å². The molecule has 0 aromatic carbocycles. The minimum Gasteiger partial charge on any atom is -0.393 e. The third-order valence-electron chi connectivity index (χ3n) is 5.64. The lowest BCUT2D eigenvalue weighted by Gasteiger charge is -2.42. The topological polar surface area (TPSA) is 43.4 Å². The van der Waals surface area contributed by atoms with Crippen LogP contribution in [0.4, 0.5) is 0 Å². The van der Waals surface area contributed by atoms with E-state index < -0.39 is 0 Å². The van der Waals surface area contributed by atoms with Crippen molar-refractivity contribution in [2.75, 3.05) is 0 Å². The van der Waals surface area contributed by atoms with Gasteiger partial charge in [-0.1, -0.05) is 31.9 Å². The van der Waals surface area contributed by atoms with Crippen molar-refractivity contribution < 1.29 is 14.3 Å². The van der Waals surface area contributed by atoms with Gasteiger partial charge < -0.3 is 4.74 Å². The summed E-state index contributed by atoms with van der Waals surface area (Å²) in [5, 5.41) is 0. The lowest BCUT2D eigenvalue weighted by atomic mass is 9.64. The molecule has 3 saturated carbocycles. The number of carbonyl (C=O) groups is 2. The average Bonchev–Trinajstić information content (AvgIpc) is 2.93. The number of rotatable bonds is 0. The van der Waals surface area contributed by atoms with Crippen molar-refractivity contribution in [1.82, 2.24) is 0 Å². The molecule has 4 fully saturated rings. The molecule has 4 unspecified atom stereocenters. The Kier molecular flexibility index (Phi) is 2.52. The Bertz CT molecular complexity index is 400. The summed E-state index contributed by atoms with van der Waals surface area (Å²) < 4.78 is 4.87. The molecule has 2 bridgehead atoms. The molecule has 4 aliphatic rings. The molecule has 1 heterocycles. The van der Waals surface area contributed by atoms with Crippen LogP contribution in [-0.4, -0.2) is 21.6 Å². The Morgan fingerprint density at radius 2 is 1.22 bits per heavy atom. The monoisotopic (exact) mass is 376 g/mol. The van der Waals surface area contributed by atoms with E-state index in [0.29, 0.717) is 33.3 Å². The van der Waals surface area contributed by atoms with Gasteiger partial charge in [0.25, 0.3) is 0 Å². The summed E-state index contributed by atoms with van der Waals surface area (Å²) in [5.41, 5.74) is 0. The second-order valence-electron chi connectivity index (χ2n) is 6.19. The number of ether oxygens (including phenoxy) is 1. The normalized spacial score (nSPS) is 57.4. The first-order chi connectivity index (χ1) is 8.58. The number of hydrogen-bond acceptors (Lipinski definition) is 3. The number of alkyl halides is 2. The lowest BCUT2D eigenvalue weighted by molar-refractivity contribution is -0.154. The molecular weight excluding hydrogens is 364 g/mol. The fourth-order valence-electron chi connectivity index (χ4n) is 5.05. The molecule has 3 aliphatic carbocycles. The van der Waals surface area contributed by atoms with Gasteiger partial charge in [0.15, 0.2) is 0 Å². The van der Waals surface area contributed by atoms with Gasteiger partial charge in [-0.05, 0) is 42.9 Å². The van der Waals surface area contributed by atoms with Crippen LogP contribution in [0, 0.1) is 35.5 Å². The number of hydrogen-bond donors (Lipinski definition) is 0. The van der Waals surface area contributed by atoms with Crippen LogP contribution < -0.4 is 0 Å². The maximum atomic E-state index is 11.8. The van der Waals surface area contributed by atoms with Crippen molar-refractivity contribution in [3.05, 3.63) is 0 Å². The molecule has 0 aromatic rings. The van der Waals surface area contributed by atoms with Gasteiger partial charge in [0.1, 0.15) is 0 Å². The predicted octanol–water partition coefficient (Wildman–Crippen LogP) is 2.51. The smallest absolute Gasteiger partial charge is 0.317 e. The fourth-order valence-corrected chi connectivity index (χ4v) is 6.34. The van der Waals surface area contributed by atoms with Crippen LogP contribution in [0.25, 0.3) is 0 Å². The van der Waals surface area contributed by atoms with Gasteiger partial charge in [-0.15, -0.1) is 0 Å². The molecule has 1 saturated heterocycles. The molecule has 5 heteroatoms. The number of fused-ring (bicyclic) bond motifs is 8. The van der Waals surface area contributed by atoms with Crippen molar-refractivity contribution >= 4 is 43.8 Å². The molecular formula is C13H14Br2O3. The van der Waals surface area contributed by atoms with Gasteiger partial charge >= 0.3 is 11.9 Å². The zero-order valence-electron chi connectivity index (χ0n) is 9.72. The van der Waals surface area contributed by atoms with Crippen LogP contribution in [0.2, 0.25) is 0 Å². The highest BCUT2D eigenvalue weighted by Crippen LogP contribution is 2.65. The Hall–Kier alpha value is 0.1000. The largest absolute Gasteiger partial charge is 0.393 e. The molecule has 98 valence electrons. The first-order valence-corrected chi connectivity index (χ1v) is 8.44. The molecule has 1 aliphatic heterocycles. The molecule has 3 nitrogen and oxygen atoms in total. The van der Waals surface area contributed by atoms with Gasteiger partial charge in [0.05, 0.1) is 11.8 Å². The van der Waals surface area contributed by atoms with Crippen LogP contribution >= 0.6 is 31.9 Å². The molecule has 0 N–H and O–H groups in total. The summed E-state index contributed by atoms with van der Waals surface area (Å²) >= 11 is 7.46. The second-order valence-corrected chi connectivity index (χ2v) is 8.54. The SMILES string of the molecule is O=C1OC(=O)[C@H]2[C@@H]1[C@H]1C[C@@H]2C2CC(Br)C(Br)CC21. The highest BCUT2D eigenvalue weighted by atomic mass is 79.9. The molecule has 0 radical (unpaired) electrons. The molecule has 0 spiro atoms. The summed E-state index contributed by atoms with van der Waals surface area (Å²) in [6.45, 7) is 0. The van der Waals surface area contributed by atoms with Gasteiger partial charge in [0.2, 0.25) is 0 Å². The summed E-state index contributed by atoms with van der Waals surface area (Å²) in [7, 11) is 0. The van der Waals surface area contributed by atoms with Crippen LogP contribution in [0.3, 0.4) is 0 Å². The van der Waals surface area contributed by atoms with Crippen molar-refractivity contribution in [3.63, 3.8) is 0 Å². The van der Waals surface area contributed by atoms with Gasteiger partial charge in [0, 0.05) is 9.65 Å². The summed E-state index contributed by atoms with van der Waals surface area (Å²) in [4.78, 5) is 24.6. The van der Waals surface area contributed by atoms with Crippen molar-refractivity contribution in [3.8, 4) is 0 Å². The third-order valence-corrected chi connectivity index (χ3v) is 8.37. The van der Waals surface area contributed by atoms with Crippen LogP contribution in [0.5, 0.6) is 0 Å². The fraction of sp³-hybridized carbons (Fsp3) is 0.846. The Morgan fingerprint density at radius 1 is 0.778 bits per heavy atom. The third kappa shape index (κ3) is 1.35. The van der Waals surface area contributed by atoms with E-state index in [0.717, 1.165) is 19.3 Å². The van der Waals surface area contributed by atoms with E-state index in [1.807, 2.05) is 0 Å². The minimum absolute atomic E-state index is 0.115. The molecule has 18 heavy (non-hydrogen) atoms. The van der Waals surface area contributed by atoms with Crippen LogP contribution in [-0.2, 0) is 14.3 Å². The average molecular weight is 378 g/mol. The van der Waals surface area contributed by atoms with Crippen LogP contribution in [0.1, 0.15) is 19.3 Å². The van der Waals surface area contributed by atoms with E-state index in [4.69, 9.17) is 4.74 Å². The standard InChI is InChI=1S/C13H14Br2O3/c14-8-2-4-5(3-9(8)15)7-1-6(4)10-11(7)13(17)18-12(10)16/h4-11H,1-3H2/t4?,5?,6-,7+,8?,9?,10-,11+. The van der Waals surface area contributed by atoms with E-state index in [2.05, 4.69) is 31.9 Å². The van der Waals surface area contributed by atoms with Gasteiger partial charge in [-0.3, -0.25) is 9.59 Å². The Labute approximate surface area is 122 Å². The highest BCUT2D eigenvalue weighted by Gasteiger charge is 2.67. The maximum Gasteiger partial charge on any atom is 0.317 e. The first kappa shape index (κ1) is 11.9. The van der Waals surface area contributed by atoms with Gasteiger partial charge in [-0.25, -0.2) is 0 Å². The quantitative estimate of drug-likeness (QED) is 0.370. The number of cyclic esters (lactones) is 2. The molecule has 0 aromatic heterocycles. The van der Waals surface area contributed by atoms with E-state index >= 15 is 0 Å². The van der Waals surface area contributed by atoms with Crippen molar-refractivity contribution in [1.29, 1.82) is 0 Å². The number of carbonyl (C=O) groups excluding carboxylic acids is 2. The summed E-state index contributed by atoms with van der Waals surface area (Å²) in [6.07, 6.45) is 3.30. The Balaban J connectivity index is 1.69. The predicted molar refractivity (Wildman–Crippen MR) is 71.3 cm³/mol. The van der Waals surface area contributed by atoms with Crippen molar-refractivity contribution in [2.45, 2.75) is 28.9 Å². The second kappa shape index (κ2) is 3.81. The van der Waals surface area contributed by atoms with E-state index in [1.54, 1.807) is 0 Å². The zero-order chi connectivity index (χ0) is 12.6. The van der Waals surface area contributed by atoms with Crippen molar-refractivity contribution in [2.24, 2.45) is 35.5 Å². The molecule has 0 amide bonds. The number of esters is 2. The molecule has 8 atom stereocenters. The van der Waals surface area contributed by atoms with E-state index in [1.165, 1.54) is 0 Å². The zero-order valence-corrected chi connectivity index (χ0v) is 12.9. The highest BCUT2D eigenvalue weighted by molar-refractivity contribution is 9.12. The summed E-state index contributed by atoms with van der Waals surface area (Å²) in [6, 6.07) is 0. The van der Waals surface area contributed by atoms with Gasteiger partial charge in [-0.2, -0.15) is 0 Å². The number of halogens is 2. The van der Waals surface area contributed by atoms with Crippen LogP contribution in [0.15, 0.2) is 0 Å². The lowest BCUT2D eigenvalue weighted by Crippen LogP contribution is -2.43. The first-order valence-electron chi connectivity index (χ1n) is 6.61. The summed E-state index contributed by atoms with van der Waals surface area (Å²) in [5.74, 6) is 1.27. The van der Waals surface area contributed by atoms with E-state index in [-0.39, 0.29) is 23.8 Å². The minimum atomic E-state index is -0.247. The Morgan fingerprint density at radius 3 is 1.67 bits per heavy atom.